The summed E-state index contributed by atoms with van der Waals surface area (Å²) in [5.41, 5.74) is 0. The summed E-state index contributed by atoms with van der Waals surface area (Å²) in [7, 11) is 0. The Morgan fingerprint density at radius 2 is 1.67 bits per heavy atom. The lowest BCUT2D eigenvalue weighted by molar-refractivity contribution is 0.282. The molecule has 0 unspecified atom stereocenters. The van der Waals surface area contributed by atoms with Crippen LogP contribution in [0.15, 0.2) is 23.8 Å². The molecule has 0 fully saturated rings. The summed E-state index contributed by atoms with van der Waals surface area (Å²) in [5, 5.41) is 8.53. The molecule has 0 saturated carbocycles. The van der Waals surface area contributed by atoms with Crippen LogP contribution in [-0.4, -0.2) is 11.7 Å². The van der Waals surface area contributed by atoms with E-state index < -0.39 is 11.7 Å². The van der Waals surface area contributed by atoms with Crippen LogP contribution >= 0.6 is 0 Å². The third kappa shape index (κ3) is 9.60. The summed E-state index contributed by atoms with van der Waals surface area (Å²) < 4.78 is 24.8. The molecule has 0 amide bonds. The zero-order valence-electron chi connectivity index (χ0n) is 9.31. The van der Waals surface area contributed by atoms with Crippen molar-refractivity contribution in [2.24, 2.45) is 0 Å². The number of unbranched alkanes of at least 4 members (excludes halogenated alkanes) is 5. The van der Waals surface area contributed by atoms with Crippen molar-refractivity contribution in [3.63, 3.8) is 0 Å². The number of allylic oxidation sites excluding steroid dienone is 4. The molecule has 88 valence electrons. The van der Waals surface area contributed by atoms with Gasteiger partial charge in [0.1, 0.15) is 5.83 Å². The van der Waals surface area contributed by atoms with Crippen molar-refractivity contribution >= 4 is 0 Å². The molecule has 0 aliphatic heterocycles. The maximum absolute atomic E-state index is 12.6. The summed E-state index contributed by atoms with van der Waals surface area (Å²) in [6.45, 7) is 1.36. The summed E-state index contributed by atoms with van der Waals surface area (Å²) >= 11 is 0. The molecule has 0 saturated heterocycles. The van der Waals surface area contributed by atoms with Crippen LogP contribution in [0.3, 0.4) is 0 Å². The van der Waals surface area contributed by atoms with Gasteiger partial charge in [-0.15, -0.1) is 0 Å². The lowest BCUT2D eigenvalue weighted by atomic mass is 10.1. The number of aliphatic hydroxyl groups is 1. The molecule has 3 heteroatoms. The zero-order chi connectivity index (χ0) is 11.5. The Kier molecular flexibility index (Phi) is 9.38. The van der Waals surface area contributed by atoms with Crippen molar-refractivity contribution in [3.8, 4) is 0 Å². The van der Waals surface area contributed by atoms with E-state index >= 15 is 0 Å². The second-order valence-electron chi connectivity index (χ2n) is 3.56. The first-order valence-corrected chi connectivity index (χ1v) is 5.47. The van der Waals surface area contributed by atoms with Crippen LogP contribution in [0.2, 0.25) is 0 Å². The topological polar surface area (TPSA) is 20.2 Å². The molecule has 0 aromatic rings. The normalized spacial score (nSPS) is 13.3. The second kappa shape index (κ2) is 9.84. The van der Waals surface area contributed by atoms with Gasteiger partial charge in [-0.1, -0.05) is 25.3 Å². The van der Waals surface area contributed by atoms with Crippen LogP contribution in [0.1, 0.15) is 45.4 Å². The van der Waals surface area contributed by atoms with Gasteiger partial charge in [0, 0.05) is 6.61 Å². The first kappa shape index (κ1) is 14.3. The number of hydrogen-bond donors (Lipinski definition) is 1. The van der Waals surface area contributed by atoms with Gasteiger partial charge in [0.05, 0.1) is 0 Å². The predicted molar refractivity (Wildman–Crippen MR) is 58.8 cm³/mol. The fraction of sp³-hybridized carbons (Fsp3) is 0.667. The Labute approximate surface area is 90.5 Å². The highest BCUT2D eigenvalue weighted by Gasteiger charge is 1.93. The average Bonchev–Trinajstić information content (AvgIpc) is 2.21. The van der Waals surface area contributed by atoms with E-state index in [1.54, 1.807) is 6.08 Å². The molecule has 0 rings (SSSR count). The van der Waals surface area contributed by atoms with Gasteiger partial charge in [-0.3, -0.25) is 0 Å². The van der Waals surface area contributed by atoms with Crippen LogP contribution in [0.5, 0.6) is 0 Å². The molecule has 1 nitrogen and oxygen atoms in total. The summed E-state index contributed by atoms with van der Waals surface area (Å²) in [5.74, 6) is -1.55. The van der Waals surface area contributed by atoms with E-state index in [9.17, 15) is 8.78 Å². The smallest absolute Gasteiger partial charge is 0.153 e. The third-order valence-electron chi connectivity index (χ3n) is 2.12. The molecule has 0 spiro atoms. The monoisotopic (exact) mass is 218 g/mol. The first-order chi connectivity index (χ1) is 7.18. The van der Waals surface area contributed by atoms with Gasteiger partial charge in [0.2, 0.25) is 0 Å². The minimum atomic E-state index is -0.782. The van der Waals surface area contributed by atoms with Gasteiger partial charge >= 0.3 is 0 Å². The zero-order valence-corrected chi connectivity index (χ0v) is 9.31. The maximum atomic E-state index is 12.6. The van der Waals surface area contributed by atoms with Gasteiger partial charge in [0.15, 0.2) is 5.83 Å². The van der Waals surface area contributed by atoms with Crippen LogP contribution in [-0.2, 0) is 0 Å². The molecule has 0 aromatic carbocycles. The highest BCUT2D eigenvalue weighted by Crippen LogP contribution is 2.10. The molecule has 0 aliphatic carbocycles. The summed E-state index contributed by atoms with van der Waals surface area (Å²) in [4.78, 5) is 0. The Morgan fingerprint density at radius 3 is 2.27 bits per heavy atom. The Balaban J connectivity index is 3.35. The number of hydrogen-bond acceptors (Lipinski definition) is 1. The minimum Gasteiger partial charge on any atom is -0.396 e. The number of rotatable bonds is 8. The van der Waals surface area contributed by atoms with E-state index in [1.165, 1.54) is 6.08 Å². The summed E-state index contributed by atoms with van der Waals surface area (Å²) in [6, 6.07) is 0. The molecular formula is C12H20F2O. The third-order valence-corrected chi connectivity index (χ3v) is 2.12. The fourth-order valence-corrected chi connectivity index (χ4v) is 1.21. The lowest BCUT2D eigenvalue weighted by Gasteiger charge is -1.97. The van der Waals surface area contributed by atoms with Crippen molar-refractivity contribution < 1.29 is 13.9 Å². The first-order valence-electron chi connectivity index (χ1n) is 5.47. The maximum Gasteiger partial charge on any atom is 0.153 e. The average molecular weight is 218 g/mol. The molecule has 1 N–H and O–H groups in total. The minimum absolute atomic E-state index is 0.256. The van der Waals surface area contributed by atoms with Crippen LogP contribution < -0.4 is 0 Å². The number of halogens is 2. The molecule has 0 radical (unpaired) electrons. The van der Waals surface area contributed by atoms with E-state index in [0.29, 0.717) is 0 Å². The number of aliphatic hydroxyl groups excluding tert-OH is 1. The Hall–Kier alpha value is -0.700. The van der Waals surface area contributed by atoms with Crippen molar-refractivity contribution in [1.82, 2.24) is 0 Å². The van der Waals surface area contributed by atoms with Gasteiger partial charge < -0.3 is 5.11 Å². The van der Waals surface area contributed by atoms with Crippen molar-refractivity contribution in [2.75, 3.05) is 6.61 Å². The Morgan fingerprint density at radius 1 is 1.07 bits per heavy atom. The molecule has 0 bridgehead atoms. The molecule has 15 heavy (non-hydrogen) atoms. The van der Waals surface area contributed by atoms with E-state index in [1.807, 2.05) is 0 Å². The van der Waals surface area contributed by atoms with Gasteiger partial charge in [-0.2, -0.15) is 0 Å². The predicted octanol–water partition coefficient (Wildman–Crippen LogP) is 4.05. The highest BCUT2D eigenvalue weighted by molar-refractivity contribution is 5.13. The molecule has 0 heterocycles. The molecule has 0 aromatic heterocycles. The highest BCUT2D eigenvalue weighted by atomic mass is 19.2. The van der Waals surface area contributed by atoms with E-state index in [0.717, 1.165) is 45.4 Å². The lowest BCUT2D eigenvalue weighted by Crippen LogP contribution is -1.83. The fourth-order valence-electron chi connectivity index (χ4n) is 1.21. The van der Waals surface area contributed by atoms with Crippen LogP contribution in [0.25, 0.3) is 0 Å². The van der Waals surface area contributed by atoms with Crippen molar-refractivity contribution in [2.45, 2.75) is 45.4 Å². The van der Waals surface area contributed by atoms with Gasteiger partial charge in [0.25, 0.3) is 0 Å². The van der Waals surface area contributed by atoms with Crippen LogP contribution in [0, 0.1) is 0 Å². The quantitative estimate of drug-likeness (QED) is 0.481. The largest absolute Gasteiger partial charge is 0.396 e. The van der Waals surface area contributed by atoms with Gasteiger partial charge in [-0.05, 0) is 32.3 Å². The van der Waals surface area contributed by atoms with E-state index in [-0.39, 0.29) is 6.61 Å². The van der Waals surface area contributed by atoms with Gasteiger partial charge in [-0.25, -0.2) is 8.78 Å². The van der Waals surface area contributed by atoms with E-state index in [2.05, 4.69) is 0 Å². The van der Waals surface area contributed by atoms with Crippen molar-refractivity contribution in [1.29, 1.82) is 0 Å². The second-order valence-corrected chi connectivity index (χ2v) is 3.56. The standard InChI is InChI=1S/C12H20F2O/c1-11(13)12(14)9-7-5-3-2-4-6-8-10-15/h7,9,15H,2-6,8,10H2,1H3. The van der Waals surface area contributed by atoms with E-state index in [4.69, 9.17) is 5.11 Å². The Bertz CT molecular complexity index is 206. The SMILES string of the molecule is CC(F)=C(F)C=CCCCCCCCO. The van der Waals surface area contributed by atoms with Crippen molar-refractivity contribution in [3.05, 3.63) is 23.8 Å². The summed E-state index contributed by atoms with van der Waals surface area (Å²) in [6.07, 6.45) is 8.67. The molecule has 0 aliphatic rings. The van der Waals surface area contributed by atoms with Crippen LogP contribution in [0.4, 0.5) is 8.78 Å². The molecular weight excluding hydrogens is 198 g/mol. The molecule has 0 atom stereocenters.